The van der Waals surface area contributed by atoms with Gasteiger partial charge in [0.2, 0.25) is 10.0 Å². The molecule has 1 aromatic rings. The summed E-state index contributed by atoms with van der Waals surface area (Å²) in [5.41, 5.74) is -0.708. The van der Waals surface area contributed by atoms with Crippen LogP contribution in [0, 0.1) is 0 Å². The van der Waals surface area contributed by atoms with Crippen LogP contribution in [0.4, 0.5) is 0 Å². The van der Waals surface area contributed by atoms with Gasteiger partial charge in [-0.1, -0.05) is 18.2 Å². The summed E-state index contributed by atoms with van der Waals surface area (Å²) < 4.78 is 32.4. The van der Waals surface area contributed by atoms with Gasteiger partial charge >= 0.3 is 0 Å². The van der Waals surface area contributed by atoms with E-state index in [1.165, 1.54) is 4.31 Å². The zero-order valence-electron chi connectivity index (χ0n) is 11.2. The Balaban J connectivity index is 1.88. The van der Waals surface area contributed by atoms with Crippen LogP contribution >= 0.6 is 0 Å². The number of sulfonamides is 1. The van der Waals surface area contributed by atoms with Crippen LogP contribution in [0.15, 0.2) is 35.2 Å². The number of hydrogen-bond donors (Lipinski definition) is 1. The van der Waals surface area contributed by atoms with Crippen molar-refractivity contribution >= 4 is 10.0 Å². The van der Waals surface area contributed by atoms with E-state index < -0.39 is 21.7 Å². The Morgan fingerprint density at radius 2 is 2.05 bits per heavy atom. The standard InChI is InChI=1S/C14H19NO4S/c16-13-7-9-15(11-14(13)8-4-10-19-14)20(17,18)12-5-2-1-3-6-12/h1-3,5-6,13,16H,4,7-11H2/t13-,14-/m0/s1. The van der Waals surface area contributed by atoms with E-state index in [0.717, 1.165) is 12.8 Å². The molecule has 2 aliphatic rings. The van der Waals surface area contributed by atoms with Gasteiger partial charge < -0.3 is 9.84 Å². The van der Waals surface area contributed by atoms with E-state index in [2.05, 4.69) is 0 Å². The predicted molar refractivity (Wildman–Crippen MR) is 73.7 cm³/mol. The van der Waals surface area contributed by atoms with Crippen LogP contribution in [-0.4, -0.2) is 49.2 Å². The van der Waals surface area contributed by atoms with Crippen molar-refractivity contribution in [2.45, 2.75) is 35.9 Å². The maximum atomic E-state index is 12.6. The van der Waals surface area contributed by atoms with Crippen molar-refractivity contribution in [2.24, 2.45) is 0 Å². The number of benzene rings is 1. The number of aliphatic hydroxyl groups excluding tert-OH is 1. The minimum Gasteiger partial charge on any atom is -0.390 e. The van der Waals surface area contributed by atoms with E-state index in [4.69, 9.17) is 4.74 Å². The van der Waals surface area contributed by atoms with Crippen LogP contribution < -0.4 is 0 Å². The molecular weight excluding hydrogens is 278 g/mol. The highest BCUT2D eigenvalue weighted by Gasteiger charge is 2.48. The number of aliphatic hydroxyl groups is 1. The molecule has 0 amide bonds. The van der Waals surface area contributed by atoms with Crippen molar-refractivity contribution in [3.05, 3.63) is 30.3 Å². The van der Waals surface area contributed by atoms with Gasteiger partial charge in [-0.15, -0.1) is 0 Å². The topological polar surface area (TPSA) is 66.8 Å². The number of rotatable bonds is 2. The molecule has 0 saturated carbocycles. The van der Waals surface area contributed by atoms with E-state index in [1.54, 1.807) is 30.3 Å². The minimum atomic E-state index is -3.51. The Labute approximate surface area is 119 Å². The van der Waals surface area contributed by atoms with E-state index in [1.807, 2.05) is 0 Å². The molecule has 2 atom stereocenters. The summed E-state index contributed by atoms with van der Waals surface area (Å²) in [7, 11) is -3.51. The van der Waals surface area contributed by atoms with E-state index in [9.17, 15) is 13.5 Å². The Morgan fingerprint density at radius 1 is 1.30 bits per heavy atom. The van der Waals surface area contributed by atoms with Crippen LogP contribution in [0.1, 0.15) is 19.3 Å². The molecule has 0 aromatic heterocycles. The highest BCUT2D eigenvalue weighted by atomic mass is 32.2. The van der Waals surface area contributed by atoms with Gasteiger partial charge in [0.15, 0.2) is 0 Å². The molecule has 2 saturated heterocycles. The molecule has 5 nitrogen and oxygen atoms in total. The van der Waals surface area contributed by atoms with Crippen LogP contribution in [0.25, 0.3) is 0 Å². The van der Waals surface area contributed by atoms with Crippen molar-refractivity contribution in [3.8, 4) is 0 Å². The highest BCUT2D eigenvalue weighted by molar-refractivity contribution is 7.89. The zero-order chi connectivity index (χ0) is 14.2. The fourth-order valence-corrected chi connectivity index (χ4v) is 4.60. The Morgan fingerprint density at radius 3 is 2.70 bits per heavy atom. The van der Waals surface area contributed by atoms with Gasteiger partial charge in [0, 0.05) is 19.7 Å². The lowest BCUT2D eigenvalue weighted by Gasteiger charge is -2.42. The van der Waals surface area contributed by atoms with Gasteiger partial charge in [0.1, 0.15) is 5.60 Å². The second-order valence-electron chi connectivity index (χ2n) is 5.47. The molecular formula is C14H19NO4S. The molecule has 1 N–H and O–H groups in total. The number of hydrogen-bond acceptors (Lipinski definition) is 4. The molecule has 0 unspecified atom stereocenters. The summed E-state index contributed by atoms with van der Waals surface area (Å²) in [5, 5.41) is 10.2. The normalized spacial score (nSPS) is 31.8. The lowest BCUT2D eigenvalue weighted by Crippen LogP contribution is -2.57. The van der Waals surface area contributed by atoms with Crippen molar-refractivity contribution in [1.82, 2.24) is 4.31 Å². The molecule has 110 valence electrons. The third-order valence-corrected chi connectivity index (χ3v) is 6.08. The molecule has 2 fully saturated rings. The SMILES string of the molecule is O=S(=O)(c1ccccc1)N1CC[C@H](O)[C@]2(CCCO2)C1. The van der Waals surface area contributed by atoms with Crippen LogP contribution in [0.5, 0.6) is 0 Å². The molecule has 3 rings (SSSR count). The maximum Gasteiger partial charge on any atom is 0.243 e. The highest BCUT2D eigenvalue weighted by Crippen LogP contribution is 2.36. The molecule has 2 heterocycles. The Kier molecular flexibility index (Phi) is 3.58. The summed E-state index contributed by atoms with van der Waals surface area (Å²) in [6, 6.07) is 8.42. The first-order chi connectivity index (χ1) is 9.55. The average molecular weight is 297 g/mol. The molecule has 1 aromatic carbocycles. The predicted octanol–water partition coefficient (Wildman–Crippen LogP) is 0.991. The van der Waals surface area contributed by atoms with E-state index in [0.29, 0.717) is 24.5 Å². The van der Waals surface area contributed by atoms with Crippen molar-refractivity contribution in [3.63, 3.8) is 0 Å². The average Bonchev–Trinajstić information content (AvgIpc) is 2.92. The van der Waals surface area contributed by atoms with Gasteiger partial charge in [-0.2, -0.15) is 4.31 Å². The number of nitrogens with zero attached hydrogens (tertiary/aromatic N) is 1. The Hall–Kier alpha value is -0.950. The second-order valence-corrected chi connectivity index (χ2v) is 7.41. The van der Waals surface area contributed by atoms with Gasteiger partial charge in [0.25, 0.3) is 0 Å². The summed E-state index contributed by atoms with van der Waals surface area (Å²) in [4.78, 5) is 0.296. The van der Waals surface area contributed by atoms with Crippen molar-refractivity contribution in [1.29, 1.82) is 0 Å². The number of piperidine rings is 1. The fourth-order valence-electron chi connectivity index (χ4n) is 3.07. The van der Waals surface area contributed by atoms with Crippen molar-refractivity contribution in [2.75, 3.05) is 19.7 Å². The zero-order valence-corrected chi connectivity index (χ0v) is 12.1. The van der Waals surface area contributed by atoms with E-state index >= 15 is 0 Å². The van der Waals surface area contributed by atoms with Gasteiger partial charge in [-0.3, -0.25) is 0 Å². The summed E-state index contributed by atoms with van der Waals surface area (Å²) in [6.07, 6.45) is 1.43. The summed E-state index contributed by atoms with van der Waals surface area (Å²) in [5.74, 6) is 0. The van der Waals surface area contributed by atoms with Gasteiger partial charge in [-0.05, 0) is 31.4 Å². The van der Waals surface area contributed by atoms with Crippen molar-refractivity contribution < 1.29 is 18.3 Å². The largest absolute Gasteiger partial charge is 0.390 e. The quantitative estimate of drug-likeness (QED) is 0.884. The minimum absolute atomic E-state index is 0.241. The van der Waals surface area contributed by atoms with Crippen LogP contribution in [0.2, 0.25) is 0 Å². The second kappa shape index (κ2) is 5.11. The fraction of sp³-hybridized carbons (Fsp3) is 0.571. The molecule has 20 heavy (non-hydrogen) atoms. The summed E-state index contributed by atoms with van der Waals surface area (Å²) >= 11 is 0. The lowest BCUT2D eigenvalue weighted by atomic mass is 9.88. The first-order valence-corrected chi connectivity index (χ1v) is 8.36. The molecule has 2 aliphatic heterocycles. The monoisotopic (exact) mass is 297 g/mol. The molecule has 0 radical (unpaired) electrons. The molecule has 0 bridgehead atoms. The van der Waals surface area contributed by atoms with E-state index in [-0.39, 0.29) is 6.54 Å². The first-order valence-electron chi connectivity index (χ1n) is 6.92. The maximum absolute atomic E-state index is 12.6. The Bertz CT molecular complexity index is 566. The number of ether oxygens (including phenoxy) is 1. The van der Waals surface area contributed by atoms with Gasteiger partial charge in [-0.25, -0.2) is 8.42 Å². The van der Waals surface area contributed by atoms with Crippen LogP contribution in [0.3, 0.4) is 0 Å². The molecule has 1 spiro atoms. The molecule has 6 heteroatoms. The smallest absolute Gasteiger partial charge is 0.243 e. The lowest BCUT2D eigenvalue weighted by molar-refractivity contribution is -0.117. The van der Waals surface area contributed by atoms with Crippen LogP contribution in [-0.2, 0) is 14.8 Å². The molecule has 0 aliphatic carbocycles. The van der Waals surface area contributed by atoms with Gasteiger partial charge in [0.05, 0.1) is 11.0 Å². The third-order valence-electron chi connectivity index (χ3n) is 4.22. The first kappa shape index (κ1) is 14.0. The third kappa shape index (κ3) is 2.26. The summed E-state index contributed by atoms with van der Waals surface area (Å²) in [6.45, 7) is 1.17.